The van der Waals surface area contributed by atoms with Gasteiger partial charge in [-0.1, -0.05) is 24.8 Å². The van der Waals surface area contributed by atoms with Crippen LogP contribution in [0.15, 0.2) is 54.1 Å². The zero-order valence-corrected chi connectivity index (χ0v) is 14.5. The molecule has 2 aliphatic rings. The van der Waals surface area contributed by atoms with Gasteiger partial charge in [0.25, 0.3) is 5.91 Å². The van der Waals surface area contributed by atoms with Crippen molar-refractivity contribution in [1.82, 2.24) is 15.2 Å². The number of rotatable bonds is 3. The summed E-state index contributed by atoms with van der Waals surface area (Å²) in [5.74, 6) is -0.189. The van der Waals surface area contributed by atoms with E-state index in [4.69, 9.17) is 0 Å². The van der Waals surface area contributed by atoms with Gasteiger partial charge in [0.2, 0.25) is 0 Å². The van der Waals surface area contributed by atoms with Crippen molar-refractivity contribution in [1.29, 1.82) is 0 Å². The molecule has 7 heteroatoms. The third-order valence-electron chi connectivity index (χ3n) is 4.82. The smallest absolute Gasteiger partial charge is 0.254 e. The van der Waals surface area contributed by atoms with Crippen molar-refractivity contribution in [2.24, 2.45) is 5.10 Å². The fourth-order valence-electron chi connectivity index (χ4n) is 3.45. The normalized spacial score (nSPS) is 18.6. The number of halogens is 2. The molecule has 1 unspecified atom stereocenters. The van der Waals surface area contributed by atoms with Gasteiger partial charge in [0.05, 0.1) is 6.54 Å². The van der Waals surface area contributed by atoms with Crippen molar-refractivity contribution < 1.29 is 13.6 Å². The summed E-state index contributed by atoms with van der Waals surface area (Å²) in [5, 5.41) is 4.32. The molecule has 0 radical (unpaired) electrons. The molecular weight excluding hydrogens is 350 g/mol. The van der Waals surface area contributed by atoms with Gasteiger partial charge < -0.3 is 9.80 Å². The molecule has 2 aromatic rings. The standard InChI is InChI=1S/C20H18F2N4O/c1-2-13-10-16(22)6-7-17(13)20(27)25-8-9-26-18(12-25)23-24-19(26)14-4-3-5-15(21)11-14/h2-7,10-11,19,24H,1,8-9,12H2. The second-order valence-corrected chi connectivity index (χ2v) is 6.47. The fraction of sp³-hybridized carbons (Fsp3) is 0.200. The van der Waals surface area contributed by atoms with Gasteiger partial charge in [-0.3, -0.25) is 10.2 Å². The van der Waals surface area contributed by atoms with Crippen LogP contribution in [-0.2, 0) is 0 Å². The molecule has 4 rings (SSSR count). The summed E-state index contributed by atoms with van der Waals surface area (Å²) in [4.78, 5) is 16.6. The van der Waals surface area contributed by atoms with Gasteiger partial charge in [0.15, 0.2) is 0 Å². The van der Waals surface area contributed by atoms with Crippen molar-refractivity contribution in [2.45, 2.75) is 6.17 Å². The Morgan fingerprint density at radius 3 is 2.78 bits per heavy atom. The average molecular weight is 368 g/mol. The SMILES string of the molecule is C=Cc1cc(F)ccc1C(=O)N1CCN2C(=NNC2c2cccc(F)c2)C1. The molecule has 1 N–H and O–H groups in total. The largest absolute Gasteiger partial charge is 0.330 e. The second kappa shape index (κ2) is 6.83. The number of amides is 1. The first-order chi connectivity index (χ1) is 13.1. The van der Waals surface area contributed by atoms with Crippen LogP contribution in [-0.4, -0.2) is 41.2 Å². The van der Waals surface area contributed by atoms with E-state index < -0.39 is 5.82 Å². The molecule has 0 saturated carbocycles. The van der Waals surface area contributed by atoms with E-state index in [0.29, 0.717) is 36.6 Å². The first-order valence-corrected chi connectivity index (χ1v) is 8.62. The van der Waals surface area contributed by atoms with Crippen LogP contribution in [0.5, 0.6) is 0 Å². The van der Waals surface area contributed by atoms with E-state index in [-0.39, 0.29) is 17.9 Å². The minimum absolute atomic E-state index is 0.193. The van der Waals surface area contributed by atoms with E-state index in [1.165, 1.54) is 36.4 Å². The highest BCUT2D eigenvalue weighted by molar-refractivity contribution is 6.00. The lowest BCUT2D eigenvalue weighted by atomic mass is 10.1. The van der Waals surface area contributed by atoms with E-state index in [1.54, 1.807) is 11.0 Å². The molecule has 2 aromatic carbocycles. The first kappa shape index (κ1) is 17.2. The number of hydrazone groups is 1. The predicted octanol–water partition coefficient (Wildman–Crippen LogP) is 2.98. The highest BCUT2D eigenvalue weighted by Crippen LogP contribution is 2.26. The number of nitrogens with one attached hydrogen (secondary N) is 1. The summed E-state index contributed by atoms with van der Waals surface area (Å²) in [6, 6.07) is 10.4. The minimum atomic E-state index is -0.409. The van der Waals surface area contributed by atoms with Crippen molar-refractivity contribution >= 4 is 17.8 Å². The molecule has 0 bridgehead atoms. The molecule has 1 atom stereocenters. The summed E-state index contributed by atoms with van der Waals surface area (Å²) in [5.41, 5.74) is 4.67. The number of carbonyl (C=O) groups is 1. The Morgan fingerprint density at radius 1 is 1.19 bits per heavy atom. The Hall–Kier alpha value is -3.22. The maximum atomic E-state index is 13.5. The minimum Gasteiger partial charge on any atom is -0.330 e. The average Bonchev–Trinajstić information content (AvgIpc) is 3.10. The van der Waals surface area contributed by atoms with Gasteiger partial charge in [-0.25, -0.2) is 8.78 Å². The molecule has 27 heavy (non-hydrogen) atoms. The number of hydrogen-bond acceptors (Lipinski definition) is 4. The van der Waals surface area contributed by atoms with Crippen molar-refractivity contribution in [3.8, 4) is 0 Å². The molecule has 2 heterocycles. The van der Waals surface area contributed by atoms with Crippen LogP contribution >= 0.6 is 0 Å². The monoisotopic (exact) mass is 368 g/mol. The van der Waals surface area contributed by atoms with Crippen LogP contribution in [0.4, 0.5) is 8.78 Å². The van der Waals surface area contributed by atoms with E-state index in [2.05, 4.69) is 17.1 Å². The number of nitrogens with zero attached hydrogens (tertiary/aromatic N) is 3. The predicted molar refractivity (Wildman–Crippen MR) is 98.8 cm³/mol. The van der Waals surface area contributed by atoms with E-state index in [0.717, 1.165) is 5.56 Å². The number of benzene rings is 2. The van der Waals surface area contributed by atoms with Crippen LogP contribution in [0.25, 0.3) is 6.08 Å². The third-order valence-corrected chi connectivity index (χ3v) is 4.82. The molecule has 0 aliphatic carbocycles. The lowest BCUT2D eigenvalue weighted by Gasteiger charge is -2.36. The van der Waals surface area contributed by atoms with Crippen molar-refractivity contribution in [2.75, 3.05) is 19.6 Å². The molecule has 0 spiro atoms. The van der Waals surface area contributed by atoms with Gasteiger partial charge in [0.1, 0.15) is 23.6 Å². The molecule has 1 amide bonds. The summed E-state index contributed by atoms with van der Waals surface area (Å²) < 4.78 is 26.9. The van der Waals surface area contributed by atoms with Gasteiger partial charge in [-0.2, -0.15) is 5.10 Å². The van der Waals surface area contributed by atoms with Crippen LogP contribution < -0.4 is 5.43 Å². The molecule has 1 fully saturated rings. The zero-order chi connectivity index (χ0) is 19.0. The summed E-state index contributed by atoms with van der Waals surface area (Å²) in [6.07, 6.45) is 1.23. The van der Waals surface area contributed by atoms with E-state index in [9.17, 15) is 13.6 Å². The quantitative estimate of drug-likeness (QED) is 0.906. The number of piperazine rings is 1. The third kappa shape index (κ3) is 3.16. The fourth-order valence-corrected chi connectivity index (χ4v) is 3.45. The Morgan fingerprint density at radius 2 is 2.00 bits per heavy atom. The van der Waals surface area contributed by atoms with Gasteiger partial charge in [-0.15, -0.1) is 0 Å². The van der Waals surface area contributed by atoms with Gasteiger partial charge in [-0.05, 0) is 41.5 Å². The van der Waals surface area contributed by atoms with Crippen molar-refractivity contribution in [3.63, 3.8) is 0 Å². The highest BCUT2D eigenvalue weighted by Gasteiger charge is 2.35. The Kier molecular flexibility index (Phi) is 4.35. The van der Waals surface area contributed by atoms with Crippen LogP contribution in [0, 0.1) is 11.6 Å². The molecular formula is C20H18F2N4O. The van der Waals surface area contributed by atoms with Gasteiger partial charge >= 0.3 is 0 Å². The van der Waals surface area contributed by atoms with E-state index >= 15 is 0 Å². The summed E-state index contributed by atoms with van der Waals surface area (Å²) in [7, 11) is 0. The van der Waals surface area contributed by atoms with Gasteiger partial charge in [0, 0.05) is 18.7 Å². The molecule has 138 valence electrons. The number of fused-ring (bicyclic) bond motifs is 1. The summed E-state index contributed by atoms with van der Waals surface area (Å²) in [6.45, 7) is 5.02. The van der Waals surface area contributed by atoms with E-state index in [1.807, 2.05) is 11.0 Å². The summed E-state index contributed by atoms with van der Waals surface area (Å²) >= 11 is 0. The molecule has 1 saturated heterocycles. The molecule has 5 nitrogen and oxygen atoms in total. The second-order valence-electron chi connectivity index (χ2n) is 6.47. The first-order valence-electron chi connectivity index (χ1n) is 8.62. The highest BCUT2D eigenvalue weighted by atomic mass is 19.1. The van der Waals surface area contributed by atoms with Crippen LogP contribution in [0.2, 0.25) is 0 Å². The number of hydrogen-bond donors (Lipinski definition) is 1. The maximum absolute atomic E-state index is 13.5. The lowest BCUT2D eigenvalue weighted by Crippen LogP contribution is -2.51. The molecule has 0 aromatic heterocycles. The Balaban J connectivity index is 1.51. The molecule has 2 aliphatic heterocycles. The topological polar surface area (TPSA) is 47.9 Å². The van der Waals surface area contributed by atoms with Crippen LogP contribution in [0.3, 0.4) is 0 Å². The zero-order valence-electron chi connectivity index (χ0n) is 14.5. The maximum Gasteiger partial charge on any atom is 0.254 e. The number of carbonyl (C=O) groups excluding carboxylic acids is 1. The number of amidine groups is 1. The Bertz CT molecular complexity index is 943. The Labute approximate surface area is 155 Å². The van der Waals surface area contributed by atoms with Crippen LogP contribution in [0.1, 0.15) is 27.7 Å². The van der Waals surface area contributed by atoms with Crippen molar-refractivity contribution in [3.05, 3.63) is 77.4 Å². The lowest BCUT2D eigenvalue weighted by molar-refractivity contribution is 0.0736.